The molecule has 0 aliphatic carbocycles. The van der Waals surface area contributed by atoms with Gasteiger partial charge in [0.1, 0.15) is 0 Å². The zero-order valence-electron chi connectivity index (χ0n) is 10.6. The van der Waals surface area contributed by atoms with Crippen molar-refractivity contribution < 1.29 is 0 Å². The average Bonchev–Trinajstić information content (AvgIpc) is 2.32. The molecule has 0 bridgehead atoms. The van der Waals surface area contributed by atoms with Crippen molar-refractivity contribution in [1.29, 1.82) is 0 Å². The molecule has 2 aromatic rings. The lowest BCUT2D eigenvalue weighted by molar-refractivity contribution is 0.938. The molecule has 0 aliphatic heterocycles. The molecule has 2 aromatic carbocycles. The fraction of sp³-hybridized carbons (Fsp3) is 0.250. The van der Waals surface area contributed by atoms with E-state index in [4.69, 9.17) is 11.6 Å². The van der Waals surface area contributed by atoms with Gasteiger partial charge in [-0.15, -0.1) is 0 Å². The Hall–Kier alpha value is -0.790. The normalized spacial score (nSPS) is 12.4. The Morgan fingerprint density at radius 3 is 2.50 bits per heavy atom. The first-order valence-corrected chi connectivity index (χ1v) is 7.32. The van der Waals surface area contributed by atoms with Crippen molar-refractivity contribution in [2.45, 2.75) is 25.1 Å². The van der Waals surface area contributed by atoms with Crippen molar-refractivity contribution in [1.82, 2.24) is 0 Å². The number of aryl methyl sites for hydroxylation is 2. The minimum absolute atomic E-state index is 0.256. The smallest absolute Gasteiger partial charge is 0.0452 e. The van der Waals surface area contributed by atoms with Crippen molar-refractivity contribution >= 4 is 27.5 Å². The average molecular weight is 324 g/mol. The second-order valence-electron chi connectivity index (χ2n) is 4.62. The zero-order chi connectivity index (χ0) is 13.1. The summed E-state index contributed by atoms with van der Waals surface area (Å²) >= 11 is 10.0. The Bertz CT molecular complexity index is 549. The zero-order valence-corrected chi connectivity index (χ0v) is 12.9. The summed E-state index contributed by atoms with van der Waals surface area (Å²) < 4.78 is 0. The molecule has 0 saturated carbocycles. The van der Waals surface area contributed by atoms with Crippen molar-refractivity contribution in [3.8, 4) is 0 Å². The van der Waals surface area contributed by atoms with Crippen LogP contribution in [0.1, 0.15) is 27.1 Å². The first-order valence-electron chi connectivity index (χ1n) is 6.02. The Morgan fingerprint density at radius 2 is 1.83 bits per heavy atom. The maximum absolute atomic E-state index is 6.30. The molecule has 1 atom stereocenters. The van der Waals surface area contributed by atoms with E-state index in [2.05, 4.69) is 66.2 Å². The van der Waals surface area contributed by atoms with Gasteiger partial charge in [0, 0.05) is 9.85 Å². The molecule has 0 fully saturated rings. The summed E-state index contributed by atoms with van der Waals surface area (Å²) in [5.74, 6) is 0. The summed E-state index contributed by atoms with van der Waals surface area (Å²) in [4.78, 5) is 0.256. The van der Waals surface area contributed by atoms with E-state index in [1.807, 2.05) is 6.07 Å². The lowest BCUT2D eigenvalue weighted by Crippen LogP contribution is -1.98. The van der Waals surface area contributed by atoms with Gasteiger partial charge in [-0.05, 0) is 48.6 Å². The van der Waals surface area contributed by atoms with Crippen molar-refractivity contribution in [3.05, 3.63) is 69.7 Å². The molecule has 0 heterocycles. The van der Waals surface area contributed by atoms with Crippen LogP contribution in [0.25, 0.3) is 0 Å². The van der Waals surface area contributed by atoms with Gasteiger partial charge in [-0.2, -0.15) is 0 Å². The van der Waals surface area contributed by atoms with Gasteiger partial charge in [0.25, 0.3) is 0 Å². The second-order valence-corrected chi connectivity index (χ2v) is 6.14. The van der Waals surface area contributed by atoms with Crippen LogP contribution >= 0.6 is 27.5 Å². The largest absolute Gasteiger partial charge is 0.0840 e. The first-order chi connectivity index (χ1) is 8.58. The molecular formula is C16H16BrCl. The highest BCUT2D eigenvalue weighted by Gasteiger charge is 2.13. The molecule has 18 heavy (non-hydrogen) atoms. The van der Waals surface area contributed by atoms with Crippen LogP contribution in [-0.2, 0) is 6.42 Å². The first kappa shape index (κ1) is 13.6. The summed E-state index contributed by atoms with van der Waals surface area (Å²) in [6.07, 6.45) is 0.954. The monoisotopic (exact) mass is 322 g/mol. The fourth-order valence-corrected chi connectivity index (χ4v) is 3.27. The third-order valence-electron chi connectivity index (χ3n) is 3.15. The van der Waals surface area contributed by atoms with Gasteiger partial charge in [-0.25, -0.2) is 0 Å². The highest BCUT2D eigenvalue weighted by atomic mass is 79.9. The molecule has 0 nitrogen and oxygen atoms in total. The lowest BCUT2D eigenvalue weighted by atomic mass is 10.00. The molecule has 0 amide bonds. The molecule has 0 spiro atoms. The van der Waals surface area contributed by atoms with Crippen LogP contribution in [0.15, 0.2) is 42.5 Å². The maximum Gasteiger partial charge on any atom is 0.0452 e. The predicted molar refractivity (Wildman–Crippen MR) is 82.7 cm³/mol. The summed E-state index contributed by atoms with van der Waals surface area (Å²) in [7, 11) is 0. The third-order valence-corrected chi connectivity index (χ3v) is 4.30. The van der Waals surface area contributed by atoms with Crippen LogP contribution in [0.4, 0.5) is 0 Å². The molecule has 2 heteroatoms. The highest BCUT2D eigenvalue weighted by molar-refractivity contribution is 9.09. The molecule has 0 radical (unpaired) electrons. The summed E-state index contributed by atoms with van der Waals surface area (Å²) in [6.45, 7) is 4.20. The Kier molecular flexibility index (Phi) is 4.47. The van der Waals surface area contributed by atoms with E-state index in [-0.39, 0.29) is 4.83 Å². The topological polar surface area (TPSA) is 0 Å². The number of hydrogen-bond acceptors (Lipinski definition) is 0. The summed E-state index contributed by atoms with van der Waals surface area (Å²) in [5, 5.41) is 0.838. The molecule has 94 valence electrons. The minimum Gasteiger partial charge on any atom is -0.0840 e. The van der Waals surface area contributed by atoms with Gasteiger partial charge in [-0.1, -0.05) is 63.9 Å². The van der Waals surface area contributed by atoms with E-state index in [0.717, 1.165) is 17.0 Å². The van der Waals surface area contributed by atoms with Crippen LogP contribution in [0.2, 0.25) is 5.02 Å². The minimum atomic E-state index is 0.256. The van der Waals surface area contributed by atoms with Crippen LogP contribution < -0.4 is 0 Å². The molecule has 0 saturated heterocycles. The lowest BCUT2D eigenvalue weighted by Gasteiger charge is -2.14. The van der Waals surface area contributed by atoms with E-state index in [9.17, 15) is 0 Å². The van der Waals surface area contributed by atoms with Crippen LogP contribution in [0, 0.1) is 13.8 Å². The number of rotatable bonds is 3. The Morgan fingerprint density at radius 1 is 1.11 bits per heavy atom. The van der Waals surface area contributed by atoms with E-state index in [1.165, 1.54) is 16.7 Å². The van der Waals surface area contributed by atoms with Crippen LogP contribution in [0.3, 0.4) is 0 Å². The SMILES string of the molecule is Cc1ccc(C(Br)Cc2ccccc2C)c(Cl)c1. The Labute approximate surface area is 122 Å². The van der Waals surface area contributed by atoms with Crippen molar-refractivity contribution in [3.63, 3.8) is 0 Å². The van der Waals surface area contributed by atoms with Gasteiger partial charge in [0.15, 0.2) is 0 Å². The summed E-state index contributed by atoms with van der Waals surface area (Å²) in [6, 6.07) is 14.7. The molecule has 2 rings (SSSR count). The fourth-order valence-electron chi connectivity index (χ4n) is 2.03. The number of hydrogen-bond donors (Lipinski definition) is 0. The number of halogens is 2. The van der Waals surface area contributed by atoms with Gasteiger partial charge < -0.3 is 0 Å². The molecule has 0 aromatic heterocycles. The van der Waals surface area contributed by atoms with Gasteiger partial charge in [0.2, 0.25) is 0 Å². The molecular weight excluding hydrogens is 308 g/mol. The predicted octanol–water partition coefficient (Wildman–Crippen LogP) is 5.64. The standard InChI is InChI=1S/C16H16BrCl/c1-11-7-8-14(16(18)9-11)15(17)10-13-6-4-3-5-12(13)2/h3-9,15H,10H2,1-2H3. The third kappa shape index (κ3) is 3.15. The van der Waals surface area contributed by atoms with Gasteiger partial charge >= 0.3 is 0 Å². The second kappa shape index (κ2) is 5.90. The van der Waals surface area contributed by atoms with Crippen LogP contribution in [0.5, 0.6) is 0 Å². The summed E-state index contributed by atoms with van der Waals surface area (Å²) in [5.41, 5.74) is 5.03. The molecule has 1 unspecified atom stereocenters. The van der Waals surface area contributed by atoms with Gasteiger partial charge in [0.05, 0.1) is 0 Å². The van der Waals surface area contributed by atoms with E-state index in [0.29, 0.717) is 0 Å². The van der Waals surface area contributed by atoms with Gasteiger partial charge in [-0.3, -0.25) is 0 Å². The number of benzene rings is 2. The molecule has 0 aliphatic rings. The van der Waals surface area contributed by atoms with Crippen molar-refractivity contribution in [2.75, 3.05) is 0 Å². The quantitative estimate of drug-likeness (QED) is 0.642. The highest BCUT2D eigenvalue weighted by Crippen LogP contribution is 2.33. The number of alkyl halides is 1. The van der Waals surface area contributed by atoms with E-state index in [1.54, 1.807) is 0 Å². The van der Waals surface area contributed by atoms with Crippen LogP contribution in [-0.4, -0.2) is 0 Å². The Balaban J connectivity index is 2.22. The molecule has 0 N–H and O–H groups in total. The van der Waals surface area contributed by atoms with E-state index >= 15 is 0 Å². The van der Waals surface area contributed by atoms with Crippen molar-refractivity contribution in [2.24, 2.45) is 0 Å². The maximum atomic E-state index is 6.30. The van der Waals surface area contributed by atoms with E-state index < -0.39 is 0 Å².